The van der Waals surface area contributed by atoms with Crippen LogP contribution in [0.5, 0.6) is 0 Å². The predicted molar refractivity (Wildman–Crippen MR) is 82.0 cm³/mol. The van der Waals surface area contributed by atoms with E-state index in [9.17, 15) is 13.5 Å². The van der Waals surface area contributed by atoms with E-state index in [1.54, 1.807) is 17.1 Å². The number of hydrogen-bond acceptors (Lipinski definition) is 6. The molecule has 10 heteroatoms. The fraction of sp³-hybridized carbons (Fsp3) is 0.538. The van der Waals surface area contributed by atoms with Gasteiger partial charge in [-0.05, 0) is 12.1 Å². The SMILES string of the molecule is O=S(=O)(c1ccn[nH]1)N1CCN(CC(O)Cn2cccn2)CC1. The van der Waals surface area contributed by atoms with Crippen molar-refractivity contribution < 1.29 is 13.5 Å². The molecule has 1 fully saturated rings. The van der Waals surface area contributed by atoms with Crippen LogP contribution in [-0.4, -0.2) is 81.5 Å². The number of hydrogen-bond donors (Lipinski definition) is 2. The van der Waals surface area contributed by atoms with Gasteiger partial charge in [-0.25, -0.2) is 8.42 Å². The number of H-pyrrole nitrogens is 1. The molecule has 126 valence electrons. The normalized spacial score (nSPS) is 19.0. The number of aromatic nitrogens is 4. The highest BCUT2D eigenvalue weighted by Crippen LogP contribution is 2.15. The first-order valence-corrected chi connectivity index (χ1v) is 8.87. The Morgan fingerprint density at radius 2 is 2.00 bits per heavy atom. The van der Waals surface area contributed by atoms with Gasteiger partial charge in [0, 0.05) is 45.1 Å². The minimum absolute atomic E-state index is 0.115. The molecule has 0 aromatic carbocycles. The van der Waals surface area contributed by atoms with Crippen LogP contribution in [0.2, 0.25) is 0 Å². The van der Waals surface area contributed by atoms with Gasteiger partial charge in [0.15, 0.2) is 5.03 Å². The van der Waals surface area contributed by atoms with Crippen molar-refractivity contribution in [3.05, 3.63) is 30.7 Å². The quantitative estimate of drug-likeness (QED) is 0.696. The molecule has 1 unspecified atom stereocenters. The topological polar surface area (TPSA) is 107 Å². The van der Waals surface area contributed by atoms with Crippen LogP contribution in [-0.2, 0) is 16.6 Å². The molecule has 1 aliphatic heterocycles. The lowest BCUT2D eigenvalue weighted by molar-refractivity contribution is 0.0783. The van der Waals surface area contributed by atoms with E-state index < -0.39 is 16.1 Å². The number of rotatable bonds is 6. The van der Waals surface area contributed by atoms with E-state index in [0.29, 0.717) is 39.3 Å². The zero-order valence-corrected chi connectivity index (χ0v) is 13.4. The second-order valence-corrected chi connectivity index (χ2v) is 7.41. The molecule has 0 bridgehead atoms. The van der Waals surface area contributed by atoms with Crippen LogP contribution in [0.15, 0.2) is 35.7 Å². The number of β-amino-alcohol motifs (C(OH)–C–C–N with tert-alkyl or cyclic N) is 1. The van der Waals surface area contributed by atoms with Crippen LogP contribution >= 0.6 is 0 Å². The van der Waals surface area contributed by atoms with Gasteiger partial charge in [-0.2, -0.15) is 14.5 Å². The maximum atomic E-state index is 12.4. The highest BCUT2D eigenvalue weighted by atomic mass is 32.2. The summed E-state index contributed by atoms with van der Waals surface area (Å²) in [5.41, 5.74) is 0. The summed E-state index contributed by atoms with van der Waals surface area (Å²) in [6.07, 6.45) is 4.37. The molecular weight excluding hydrogens is 320 g/mol. The Morgan fingerprint density at radius 3 is 2.61 bits per heavy atom. The van der Waals surface area contributed by atoms with E-state index in [1.165, 1.54) is 16.6 Å². The average Bonchev–Trinajstić information content (AvgIpc) is 3.21. The molecule has 3 rings (SSSR count). The minimum Gasteiger partial charge on any atom is -0.390 e. The van der Waals surface area contributed by atoms with Crippen LogP contribution in [0, 0.1) is 0 Å². The molecule has 0 spiro atoms. The summed E-state index contributed by atoms with van der Waals surface area (Å²) in [7, 11) is -3.50. The fourth-order valence-electron chi connectivity index (χ4n) is 2.66. The molecule has 2 N–H and O–H groups in total. The van der Waals surface area contributed by atoms with Crippen LogP contribution in [0.25, 0.3) is 0 Å². The standard InChI is InChI=1S/C13H20N6O3S/c20-12(11-18-5-1-3-15-18)10-17-6-8-19(9-7-17)23(21,22)13-2-4-14-16-13/h1-5,12,20H,6-11H2,(H,14,16). The van der Waals surface area contributed by atoms with Gasteiger partial charge in [0.05, 0.1) is 18.8 Å². The van der Waals surface area contributed by atoms with E-state index in [-0.39, 0.29) is 5.03 Å². The van der Waals surface area contributed by atoms with Crippen molar-refractivity contribution >= 4 is 10.0 Å². The zero-order valence-electron chi connectivity index (χ0n) is 12.6. The first-order chi connectivity index (χ1) is 11.1. The van der Waals surface area contributed by atoms with Crippen molar-refractivity contribution in [1.29, 1.82) is 0 Å². The fourth-order valence-corrected chi connectivity index (χ4v) is 3.98. The van der Waals surface area contributed by atoms with Gasteiger partial charge < -0.3 is 5.11 Å². The first kappa shape index (κ1) is 16.1. The average molecular weight is 340 g/mol. The summed E-state index contributed by atoms with van der Waals surface area (Å²) in [6, 6.07) is 3.27. The summed E-state index contributed by atoms with van der Waals surface area (Å²) in [5, 5.41) is 20.5. The van der Waals surface area contributed by atoms with Crippen LogP contribution in [0.4, 0.5) is 0 Å². The Balaban J connectivity index is 1.50. The van der Waals surface area contributed by atoms with Gasteiger partial charge in [-0.3, -0.25) is 14.7 Å². The van der Waals surface area contributed by atoms with Crippen LogP contribution < -0.4 is 0 Å². The molecule has 0 radical (unpaired) electrons. The monoisotopic (exact) mass is 340 g/mol. The van der Waals surface area contributed by atoms with Gasteiger partial charge in [-0.15, -0.1) is 0 Å². The maximum absolute atomic E-state index is 12.4. The van der Waals surface area contributed by atoms with E-state index in [4.69, 9.17) is 0 Å². The summed E-state index contributed by atoms with van der Waals surface area (Å²) in [6.45, 7) is 2.90. The van der Waals surface area contributed by atoms with E-state index in [1.807, 2.05) is 6.07 Å². The van der Waals surface area contributed by atoms with E-state index in [0.717, 1.165) is 0 Å². The molecule has 23 heavy (non-hydrogen) atoms. The Hall–Kier alpha value is -1.75. The maximum Gasteiger partial charge on any atom is 0.260 e. The third kappa shape index (κ3) is 3.78. The lowest BCUT2D eigenvalue weighted by Crippen LogP contribution is -2.50. The number of nitrogens with one attached hydrogen (secondary N) is 1. The van der Waals surface area contributed by atoms with Gasteiger partial charge in [0.2, 0.25) is 0 Å². The Morgan fingerprint density at radius 1 is 1.22 bits per heavy atom. The number of sulfonamides is 1. The van der Waals surface area contributed by atoms with Crippen molar-refractivity contribution in [3.63, 3.8) is 0 Å². The summed E-state index contributed by atoms with van der Waals surface area (Å²) >= 11 is 0. The number of aliphatic hydroxyl groups excluding tert-OH is 1. The zero-order chi connectivity index (χ0) is 16.3. The Kier molecular flexibility index (Phi) is 4.76. The van der Waals surface area contributed by atoms with Gasteiger partial charge in [-0.1, -0.05) is 0 Å². The molecule has 0 aliphatic carbocycles. The largest absolute Gasteiger partial charge is 0.390 e. The van der Waals surface area contributed by atoms with E-state index >= 15 is 0 Å². The van der Waals surface area contributed by atoms with E-state index in [2.05, 4.69) is 20.2 Å². The van der Waals surface area contributed by atoms with Crippen molar-refractivity contribution in [1.82, 2.24) is 29.2 Å². The third-order valence-corrected chi connectivity index (χ3v) is 5.68. The second kappa shape index (κ2) is 6.79. The van der Waals surface area contributed by atoms with Gasteiger partial charge in [0.1, 0.15) is 0 Å². The molecule has 1 saturated heterocycles. The Labute approximate surface area is 134 Å². The lowest BCUT2D eigenvalue weighted by atomic mass is 10.3. The highest BCUT2D eigenvalue weighted by molar-refractivity contribution is 7.89. The highest BCUT2D eigenvalue weighted by Gasteiger charge is 2.29. The number of aromatic amines is 1. The smallest absolute Gasteiger partial charge is 0.260 e. The summed E-state index contributed by atoms with van der Waals surface area (Å²) < 4.78 is 27.9. The van der Waals surface area contributed by atoms with Gasteiger partial charge >= 0.3 is 0 Å². The van der Waals surface area contributed by atoms with Crippen LogP contribution in [0.3, 0.4) is 0 Å². The Bertz CT molecular complexity index is 692. The first-order valence-electron chi connectivity index (χ1n) is 7.43. The van der Waals surface area contributed by atoms with Crippen molar-refractivity contribution in [2.24, 2.45) is 0 Å². The van der Waals surface area contributed by atoms with Crippen LogP contribution in [0.1, 0.15) is 0 Å². The molecular formula is C13H20N6O3S. The molecule has 2 aromatic heterocycles. The molecule has 1 aliphatic rings. The third-order valence-electron chi connectivity index (χ3n) is 3.85. The lowest BCUT2D eigenvalue weighted by Gasteiger charge is -2.34. The minimum atomic E-state index is -3.50. The summed E-state index contributed by atoms with van der Waals surface area (Å²) in [4.78, 5) is 2.06. The molecule has 9 nitrogen and oxygen atoms in total. The number of piperazine rings is 1. The molecule has 3 heterocycles. The van der Waals surface area contributed by atoms with Crippen molar-refractivity contribution in [2.75, 3.05) is 32.7 Å². The van der Waals surface area contributed by atoms with Gasteiger partial charge in [0.25, 0.3) is 10.0 Å². The molecule has 0 amide bonds. The number of nitrogens with zero attached hydrogens (tertiary/aromatic N) is 5. The van der Waals surface area contributed by atoms with Crippen molar-refractivity contribution in [3.8, 4) is 0 Å². The number of aliphatic hydroxyl groups is 1. The molecule has 2 aromatic rings. The van der Waals surface area contributed by atoms with Crippen molar-refractivity contribution in [2.45, 2.75) is 17.7 Å². The summed E-state index contributed by atoms with van der Waals surface area (Å²) in [5.74, 6) is 0. The predicted octanol–water partition coefficient (Wildman–Crippen LogP) is -1.03. The molecule has 0 saturated carbocycles. The molecule has 1 atom stereocenters. The second-order valence-electron chi connectivity index (χ2n) is 5.51.